The van der Waals surface area contributed by atoms with Crippen molar-refractivity contribution in [3.8, 4) is 0 Å². The van der Waals surface area contributed by atoms with Gasteiger partial charge in [0.05, 0.1) is 23.6 Å². The summed E-state index contributed by atoms with van der Waals surface area (Å²) in [7, 11) is 1.74. The number of hydrogen-bond acceptors (Lipinski definition) is 4. The Morgan fingerprint density at radius 1 is 1.37 bits per heavy atom. The Morgan fingerprint density at radius 2 is 2.05 bits per heavy atom. The molecule has 1 aromatic heterocycles. The summed E-state index contributed by atoms with van der Waals surface area (Å²) in [5.41, 5.74) is 7.95. The Bertz CT molecular complexity index is 522. The zero-order valence-electron chi connectivity index (χ0n) is 11.5. The minimum atomic E-state index is -0.105. The molecule has 1 fully saturated rings. The molecule has 2 heterocycles. The van der Waals surface area contributed by atoms with Crippen molar-refractivity contribution in [2.24, 2.45) is 0 Å². The number of nitrogens with two attached hydrogens (primary N) is 1. The SMILES string of the molecule is Cc1nn(CC(=O)N2CCN(C)C(=O)C2)c(C)c1N. The van der Waals surface area contributed by atoms with Gasteiger partial charge in [0.25, 0.3) is 0 Å². The zero-order valence-corrected chi connectivity index (χ0v) is 11.5. The van der Waals surface area contributed by atoms with Gasteiger partial charge in [-0.15, -0.1) is 0 Å². The molecule has 0 saturated carbocycles. The fraction of sp³-hybridized carbons (Fsp3) is 0.583. The van der Waals surface area contributed by atoms with Crippen molar-refractivity contribution < 1.29 is 9.59 Å². The first-order valence-corrected chi connectivity index (χ1v) is 6.21. The number of carbonyl (C=O) groups excluding carboxylic acids is 2. The fourth-order valence-corrected chi connectivity index (χ4v) is 2.06. The summed E-state index contributed by atoms with van der Waals surface area (Å²) in [5.74, 6) is -0.139. The standard InChI is InChI=1S/C12H19N5O2/c1-8-12(13)9(2)17(14-8)7-11(19)16-5-4-15(3)10(18)6-16/h4-7,13H2,1-3H3. The molecule has 1 aliphatic rings. The van der Waals surface area contributed by atoms with Crippen LogP contribution < -0.4 is 5.73 Å². The molecule has 1 saturated heterocycles. The largest absolute Gasteiger partial charge is 0.396 e. The van der Waals surface area contributed by atoms with Crippen LogP contribution in [0.1, 0.15) is 11.4 Å². The molecule has 104 valence electrons. The highest BCUT2D eigenvalue weighted by molar-refractivity contribution is 5.85. The number of anilines is 1. The number of piperazine rings is 1. The Kier molecular flexibility index (Phi) is 3.46. The first kappa shape index (κ1) is 13.4. The van der Waals surface area contributed by atoms with Gasteiger partial charge in [0.15, 0.2) is 0 Å². The smallest absolute Gasteiger partial charge is 0.244 e. The number of hydrogen-bond donors (Lipinski definition) is 1. The predicted molar refractivity (Wildman–Crippen MR) is 70.3 cm³/mol. The highest BCUT2D eigenvalue weighted by Crippen LogP contribution is 2.15. The number of carbonyl (C=O) groups is 2. The van der Waals surface area contributed by atoms with Gasteiger partial charge in [0, 0.05) is 20.1 Å². The average Bonchev–Trinajstić information content (AvgIpc) is 2.60. The lowest BCUT2D eigenvalue weighted by Gasteiger charge is -2.32. The quantitative estimate of drug-likeness (QED) is 0.772. The van der Waals surface area contributed by atoms with Crippen molar-refractivity contribution in [3.05, 3.63) is 11.4 Å². The van der Waals surface area contributed by atoms with Crippen molar-refractivity contribution in [1.29, 1.82) is 0 Å². The monoisotopic (exact) mass is 265 g/mol. The van der Waals surface area contributed by atoms with Crippen LogP contribution in [0.3, 0.4) is 0 Å². The summed E-state index contributed by atoms with van der Waals surface area (Å²) < 4.78 is 1.59. The Morgan fingerprint density at radius 3 is 2.58 bits per heavy atom. The van der Waals surface area contributed by atoms with E-state index in [1.807, 2.05) is 13.8 Å². The molecule has 0 aliphatic carbocycles. The summed E-state index contributed by atoms with van der Waals surface area (Å²) in [6.07, 6.45) is 0. The van der Waals surface area contributed by atoms with Crippen LogP contribution in [0.5, 0.6) is 0 Å². The minimum absolute atomic E-state index is 0.0347. The number of likely N-dealkylation sites (N-methyl/N-ethyl adjacent to an activating group) is 1. The van der Waals surface area contributed by atoms with E-state index in [2.05, 4.69) is 5.10 Å². The molecule has 0 radical (unpaired) electrons. The van der Waals surface area contributed by atoms with Crippen LogP contribution in [0, 0.1) is 13.8 Å². The number of nitrogen functional groups attached to an aromatic ring is 1. The molecule has 0 spiro atoms. The van der Waals surface area contributed by atoms with Crippen LogP contribution in [0.15, 0.2) is 0 Å². The van der Waals surface area contributed by atoms with E-state index in [1.165, 1.54) is 0 Å². The fourth-order valence-electron chi connectivity index (χ4n) is 2.06. The molecule has 0 bridgehead atoms. The molecule has 1 aliphatic heterocycles. The number of rotatable bonds is 2. The Hall–Kier alpha value is -2.05. The van der Waals surface area contributed by atoms with Crippen molar-refractivity contribution >= 4 is 17.5 Å². The maximum atomic E-state index is 12.1. The molecule has 0 unspecified atom stereocenters. The van der Waals surface area contributed by atoms with E-state index < -0.39 is 0 Å². The van der Waals surface area contributed by atoms with Crippen LogP contribution >= 0.6 is 0 Å². The number of amides is 2. The van der Waals surface area contributed by atoms with E-state index in [0.717, 1.165) is 11.4 Å². The van der Waals surface area contributed by atoms with E-state index in [9.17, 15) is 9.59 Å². The average molecular weight is 265 g/mol. The van der Waals surface area contributed by atoms with Crippen LogP contribution in [-0.4, -0.2) is 58.1 Å². The maximum Gasteiger partial charge on any atom is 0.244 e. The van der Waals surface area contributed by atoms with E-state index >= 15 is 0 Å². The van der Waals surface area contributed by atoms with Crippen LogP contribution in [0.4, 0.5) is 5.69 Å². The lowest BCUT2D eigenvalue weighted by Crippen LogP contribution is -2.51. The summed E-state index contributed by atoms with van der Waals surface area (Å²) in [5, 5.41) is 4.23. The molecule has 0 atom stereocenters. The van der Waals surface area contributed by atoms with E-state index in [0.29, 0.717) is 18.8 Å². The van der Waals surface area contributed by atoms with Crippen molar-refractivity contribution in [2.45, 2.75) is 20.4 Å². The van der Waals surface area contributed by atoms with Crippen LogP contribution in [0.25, 0.3) is 0 Å². The summed E-state index contributed by atoms with van der Waals surface area (Å²) in [4.78, 5) is 26.9. The first-order valence-electron chi connectivity index (χ1n) is 6.21. The minimum Gasteiger partial charge on any atom is -0.396 e. The van der Waals surface area contributed by atoms with Gasteiger partial charge in [-0.2, -0.15) is 5.10 Å². The molecule has 2 rings (SSSR count). The third-order valence-corrected chi connectivity index (χ3v) is 3.53. The number of aryl methyl sites for hydroxylation is 1. The zero-order chi connectivity index (χ0) is 14.2. The van der Waals surface area contributed by atoms with Crippen LogP contribution in [-0.2, 0) is 16.1 Å². The van der Waals surface area contributed by atoms with Gasteiger partial charge in [-0.1, -0.05) is 0 Å². The normalized spacial score (nSPS) is 16.1. The lowest BCUT2D eigenvalue weighted by atomic mass is 10.3. The number of nitrogens with zero attached hydrogens (tertiary/aromatic N) is 4. The van der Waals surface area contributed by atoms with Gasteiger partial charge in [-0.3, -0.25) is 14.3 Å². The molecule has 2 N–H and O–H groups in total. The molecule has 0 aromatic carbocycles. The summed E-state index contributed by atoms with van der Waals surface area (Å²) >= 11 is 0. The molecular weight excluding hydrogens is 246 g/mol. The van der Waals surface area contributed by atoms with Gasteiger partial charge in [-0.05, 0) is 13.8 Å². The second kappa shape index (κ2) is 4.91. The third-order valence-electron chi connectivity index (χ3n) is 3.53. The number of aromatic nitrogens is 2. The van der Waals surface area contributed by atoms with E-state index in [4.69, 9.17) is 5.73 Å². The second-order valence-electron chi connectivity index (χ2n) is 4.87. The summed E-state index contributed by atoms with van der Waals surface area (Å²) in [6.45, 7) is 5.05. The van der Waals surface area contributed by atoms with Crippen molar-refractivity contribution in [1.82, 2.24) is 19.6 Å². The highest BCUT2D eigenvalue weighted by Gasteiger charge is 2.25. The van der Waals surface area contributed by atoms with Crippen LogP contribution in [0.2, 0.25) is 0 Å². The molecule has 1 aromatic rings. The van der Waals surface area contributed by atoms with Gasteiger partial charge in [0.1, 0.15) is 6.54 Å². The summed E-state index contributed by atoms with van der Waals surface area (Å²) in [6, 6.07) is 0. The molecule has 2 amide bonds. The van der Waals surface area contributed by atoms with E-state index in [-0.39, 0.29) is 24.9 Å². The molecule has 7 heteroatoms. The van der Waals surface area contributed by atoms with Gasteiger partial charge in [-0.25, -0.2) is 0 Å². The van der Waals surface area contributed by atoms with Crippen molar-refractivity contribution in [2.75, 3.05) is 32.4 Å². The topological polar surface area (TPSA) is 84.5 Å². The molecule has 19 heavy (non-hydrogen) atoms. The lowest BCUT2D eigenvalue weighted by molar-refractivity contribution is -0.144. The third kappa shape index (κ3) is 2.54. The predicted octanol–water partition coefficient (Wildman–Crippen LogP) is -0.617. The highest BCUT2D eigenvalue weighted by atomic mass is 16.2. The maximum absolute atomic E-state index is 12.1. The Balaban J connectivity index is 2.05. The Labute approximate surface area is 111 Å². The second-order valence-corrected chi connectivity index (χ2v) is 4.87. The first-order chi connectivity index (χ1) is 8.90. The van der Waals surface area contributed by atoms with Gasteiger partial charge in [0.2, 0.25) is 11.8 Å². The molecular formula is C12H19N5O2. The van der Waals surface area contributed by atoms with E-state index in [1.54, 1.807) is 21.5 Å². The van der Waals surface area contributed by atoms with Crippen molar-refractivity contribution in [3.63, 3.8) is 0 Å². The molecule has 7 nitrogen and oxygen atoms in total. The van der Waals surface area contributed by atoms with Gasteiger partial charge >= 0.3 is 0 Å². The van der Waals surface area contributed by atoms with Gasteiger partial charge < -0.3 is 15.5 Å².